The molecule has 0 N–H and O–H groups in total. The number of methoxy groups -OCH3 is 1. The van der Waals surface area contributed by atoms with E-state index in [-0.39, 0.29) is 24.0 Å². The molecule has 2 aliphatic rings. The number of rotatable bonds is 7. The SMILES string of the molecule is C=CC[C@@]1(OC)O[C@H]2CO[Si](C(C)C)(C(C)C)O[Si](C(C)C)(C(C)C)O[C@@H]2[C@@H](C)[C@@H]1C. The molecule has 0 unspecified atom stereocenters. The van der Waals surface area contributed by atoms with E-state index in [2.05, 4.69) is 75.8 Å². The zero-order valence-corrected chi connectivity index (χ0v) is 23.9. The summed E-state index contributed by atoms with van der Waals surface area (Å²) in [6.45, 7) is 26.9. The fourth-order valence-electron chi connectivity index (χ4n) is 5.66. The second kappa shape index (κ2) is 10.1. The summed E-state index contributed by atoms with van der Waals surface area (Å²) in [6, 6.07) is 0. The van der Waals surface area contributed by atoms with Crippen molar-refractivity contribution in [2.45, 2.75) is 116 Å². The largest absolute Gasteiger partial charge is 0.414 e. The van der Waals surface area contributed by atoms with Crippen LogP contribution in [0.1, 0.15) is 75.7 Å². The molecule has 2 heterocycles. The molecule has 31 heavy (non-hydrogen) atoms. The minimum absolute atomic E-state index is 0.0779. The number of hydrogen-bond donors (Lipinski definition) is 0. The van der Waals surface area contributed by atoms with Crippen LogP contribution in [0.15, 0.2) is 12.7 Å². The van der Waals surface area contributed by atoms with Crippen LogP contribution in [-0.2, 0) is 22.4 Å². The summed E-state index contributed by atoms with van der Waals surface area (Å²) < 4.78 is 34.1. The van der Waals surface area contributed by atoms with Gasteiger partial charge in [-0.2, -0.15) is 0 Å². The van der Waals surface area contributed by atoms with E-state index in [1.807, 2.05) is 6.08 Å². The van der Waals surface area contributed by atoms with Crippen LogP contribution in [0.5, 0.6) is 0 Å². The van der Waals surface area contributed by atoms with E-state index in [1.165, 1.54) is 0 Å². The van der Waals surface area contributed by atoms with Gasteiger partial charge in [-0.05, 0) is 28.1 Å². The van der Waals surface area contributed by atoms with Crippen LogP contribution in [0.4, 0.5) is 0 Å². The standard InChI is InChI=1S/C24H48O5Si2/c1-13-14-24(25-12)21(11)20(10)23-22(27-24)15-26-30(16(2)3,17(4)5)29-31(28-23,18(6)7)19(8)9/h13,16-23H,1,14-15H2,2-12H3/t20-,21-,22-,23+,24+/m0/s1. The molecule has 7 heteroatoms. The van der Waals surface area contributed by atoms with Crippen molar-refractivity contribution in [2.24, 2.45) is 11.8 Å². The third kappa shape index (κ3) is 4.66. The molecule has 2 rings (SSSR count). The van der Waals surface area contributed by atoms with E-state index in [1.54, 1.807) is 7.11 Å². The summed E-state index contributed by atoms with van der Waals surface area (Å²) >= 11 is 0. The predicted octanol–water partition coefficient (Wildman–Crippen LogP) is 6.53. The van der Waals surface area contributed by atoms with E-state index < -0.39 is 22.9 Å². The maximum Gasteiger partial charge on any atom is 0.335 e. The number of hydrogen-bond acceptors (Lipinski definition) is 5. The lowest BCUT2D eigenvalue weighted by Crippen LogP contribution is -2.69. The molecule has 0 aromatic carbocycles. The van der Waals surface area contributed by atoms with Crippen molar-refractivity contribution >= 4 is 17.1 Å². The summed E-state index contributed by atoms with van der Waals surface area (Å²) in [5.41, 5.74) is 1.25. The topological polar surface area (TPSA) is 46.2 Å². The Balaban J connectivity index is 2.62. The second-order valence-electron chi connectivity index (χ2n) is 10.9. The van der Waals surface area contributed by atoms with Gasteiger partial charge in [-0.1, -0.05) is 75.3 Å². The second-order valence-corrected chi connectivity index (χ2v) is 19.7. The van der Waals surface area contributed by atoms with Gasteiger partial charge in [0.15, 0.2) is 5.79 Å². The van der Waals surface area contributed by atoms with E-state index in [9.17, 15) is 0 Å². The predicted molar refractivity (Wildman–Crippen MR) is 132 cm³/mol. The van der Waals surface area contributed by atoms with Gasteiger partial charge in [0.05, 0.1) is 12.7 Å². The lowest BCUT2D eigenvalue weighted by molar-refractivity contribution is -0.329. The Hall–Kier alpha value is -0.0262. The molecular weight excluding hydrogens is 424 g/mol. The Bertz CT molecular complexity index is 593. The summed E-state index contributed by atoms with van der Waals surface area (Å²) in [6.07, 6.45) is 2.26. The normalized spacial score (nSPS) is 35.8. The Morgan fingerprint density at radius 3 is 1.90 bits per heavy atom. The van der Waals surface area contributed by atoms with E-state index in [0.717, 1.165) is 0 Å². The first-order chi connectivity index (χ1) is 14.3. The van der Waals surface area contributed by atoms with Crippen molar-refractivity contribution in [3.05, 3.63) is 12.7 Å². The van der Waals surface area contributed by atoms with Gasteiger partial charge >= 0.3 is 17.1 Å². The quantitative estimate of drug-likeness (QED) is 0.311. The van der Waals surface area contributed by atoms with Crippen LogP contribution >= 0.6 is 0 Å². The minimum Gasteiger partial charge on any atom is -0.414 e. The highest BCUT2D eigenvalue weighted by Gasteiger charge is 2.62. The van der Waals surface area contributed by atoms with Crippen molar-refractivity contribution in [2.75, 3.05) is 13.7 Å². The van der Waals surface area contributed by atoms with Gasteiger partial charge in [0, 0.05) is 19.4 Å². The van der Waals surface area contributed by atoms with Crippen LogP contribution in [0.2, 0.25) is 22.2 Å². The maximum absolute atomic E-state index is 7.30. The number of ether oxygens (including phenoxy) is 2. The van der Waals surface area contributed by atoms with Gasteiger partial charge in [-0.15, -0.1) is 6.58 Å². The minimum atomic E-state index is -2.64. The van der Waals surface area contributed by atoms with Crippen LogP contribution in [-0.4, -0.2) is 48.8 Å². The third-order valence-electron chi connectivity index (χ3n) is 7.82. The van der Waals surface area contributed by atoms with Gasteiger partial charge in [0.2, 0.25) is 0 Å². The monoisotopic (exact) mass is 472 g/mol. The van der Waals surface area contributed by atoms with E-state index in [4.69, 9.17) is 22.4 Å². The van der Waals surface area contributed by atoms with Gasteiger partial charge < -0.3 is 22.4 Å². The first-order valence-corrected chi connectivity index (χ1v) is 16.1. The van der Waals surface area contributed by atoms with Crippen LogP contribution in [0.25, 0.3) is 0 Å². The molecular formula is C24H48O5Si2. The first kappa shape index (κ1) is 27.2. The van der Waals surface area contributed by atoms with E-state index in [0.29, 0.717) is 35.2 Å². The smallest absolute Gasteiger partial charge is 0.335 e. The van der Waals surface area contributed by atoms with Crippen LogP contribution in [0, 0.1) is 11.8 Å². The Morgan fingerprint density at radius 2 is 1.48 bits per heavy atom. The van der Waals surface area contributed by atoms with Gasteiger partial charge in [0.1, 0.15) is 6.10 Å². The van der Waals surface area contributed by atoms with Crippen LogP contribution in [0.3, 0.4) is 0 Å². The summed E-state index contributed by atoms with van der Waals surface area (Å²) in [4.78, 5) is 0. The zero-order valence-electron chi connectivity index (χ0n) is 21.9. The lowest BCUT2D eigenvalue weighted by Gasteiger charge is -2.57. The molecule has 0 bridgehead atoms. The highest BCUT2D eigenvalue weighted by molar-refractivity contribution is 6.83. The lowest BCUT2D eigenvalue weighted by atomic mass is 9.78. The molecule has 2 fully saturated rings. The van der Waals surface area contributed by atoms with Crippen molar-refractivity contribution in [1.82, 2.24) is 0 Å². The van der Waals surface area contributed by atoms with Crippen molar-refractivity contribution in [3.8, 4) is 0 Å². The Kier molecular flexibility index (Phi) is 8.85. The van der Waals surface area contributed by atoms with E-state index >= 15 is 0 Å². The zero-order chi connectivity index (χ0) is 23.8. The summed E-state index contributed by atoms with van der Waals surface area (Å²) in [5, 5.41) is 0. The summed E-state index contributed by atoms with van der Waals surface area (Å²) in [5.74, 6) is -0.309. The van der Waals surface area contributed by atoms with Gasteiger partial charge in [0.25, 0.3) is 0 Å². The Morgan fingerprint density at radius 1 is 0.968 bits per heavy atom. The van der Waals surface area contributed by atoms with Crippen molar-refractivity contribution in [3.63, 3.8) is 0 Å². The molecule has 0 aromatic heterocycles. The molecule has 0 saturated carbocycles. The van der Waals surface area contributed by atoms with Crippen LogP contribution < -0.4 is 0 Å². The summed E-state index contributed by atoms with van der Waals surface area (Å²) in [7, 11) is -3.48. The average Bonchev–Trinajstić information content (AvgIpc) is 2.67. The maximum atomic E-state index is 7.30. The molecule has 5 atom stereocenters. The van der Waals surface area contributed by atoms with Gasteiger partial charge in [-0.25, -0.2) is 0 Å². The molecule has 0 amide bonds. The average molecular weight is 473 g/mol. The molecule has 0 radical (unpaired) electrons. The highest BCUT2D eigenvalue weighted by atomic mass is 28.5. The fraction of sp³-hybridized carbons (Fsp3) is 0.917. The molecule has 5 nitrogen and oxygen atoms in total. The van der Waals surface area contributed by atoms with Crippen molar-refractivity contribution in [1.29, 1.82) is 0 Å². The molecule has 2 aliphatic heterocycles. The third-order valence-corrected chi connectivity index (χ3v) is 18.1. The fourth-order valence-corrected chi connectivity index (χ4v) is 16.9. The molecule has 182 valence electrons. The molecule has 0 aromatic rings. The van der Waals surface area contributed by atoms with Crippen molar-refractivity contribution < 1.29 is 22.4 Å². The van der Waals surface area contributed by atoms with Gasteiger partial charge in [-0.3, -0.25) is 0 Å². The molecule has 2 saturated heterocycles. The highest BCUT2D eigenvalue weighted by Crippen LogP contribution is 2.50. The molecule has 0 spiro atoms. The first-order valence-electron chi connectivity index (χ1n) is 12.2. The number of fused-ring (bicyclic) bond motifs is 1. The Labute approximate surface area is 193 Å². The molecule has 0 aliphatic carbocycles.